The summed E-state index contributed by atoms with van der Waals surface area (Å²) >= 11 is 3.36. The zero-order chi connectivity index (χ0) is 10.7. The molecule has 0 radical (unpaired) electrons. The average Bonchev–Trinajstić information content (AvgIpc) is 2.25. The zero-order valence-electron chi connectivity index (χ0n) is 8.14. The van der Waals surface area contributed by atoms with Crippen molar-refractivity contribution < 1.29 is 4.74 Å². The molecule has 15 heavy (non-hydrogen) atoms. The fourth-order valence-electron chi connectivity index (χ4n) is 1.07. The van der Waals surface area contributed by atoms with Crippen molar-refractivity contribution in [1.29, 1.82) is 0 Å². The molecule has 4 heteroatoms. The Morgan fingerprint density at radius 3 is 2.20 bits per heavy atom. The fourth-order valence-corrected chi connectivity index (χ4v) is 1.34. The highest BCUT2D eigenvalue weighted by atomic mass is 79.9. The van der Waals surface area contributed by atoms with Crippen LogP contribution in [0.5, 0.6) is 11.5 Å². The molecule has 0 aliphatic carbocycles. The smallest absolute Gasteiger partial charge is 0.164 e. The van der Waals surface area contributed by atoms with E-state index in [9.17, 15) is 0 Å². The third-order valence-electron chi connectivity index (χ3n) is 1.81. The minimum atomic E-state index is 0.642. The Morgan fingerprint density at radius 1 is 1.00 bits per heavy atom. The Labute approximate surface area is 96.3 Å². The summed E-state index contributed by atoms with van der Waals surface area (Å²) < 4.78 is 6.57. The van der Waals surface area contributed by atoms with Crippen LogP contribution < -0.4 is 4.74 Å². The monoisotopic (exact) mass is 264 g/mol. The second kappa shape index (κ2) is 4.40. The highest BCUT2D eigenvalue weighted by Gasteiger charge is 1.97. The number of ether oxygens (including phenoxy) is 1. The molecule has 0 aliphatic heterocycles. The van der Waals surface area contributed by atoms with E-state index in [0.29, 0.717) is 5.75 Å². The Kier molecular flexibility index (Phi) is 2.97. The lowest BCUT2D eigenvalue weighted by atomic mass is 10.3. The van der Waals surface area contributed by atoms with Crippen LogP contribution >= 0.6 is 15.9 Å². The molecule has 0 N–H and O–H groups in total. The third-order valence-corrected chi connectivity index (χ3v) is 2.34. The van der Waals surface area contributed by atoms with Gasteiger partial charge in [0.25, 0.3) is 0 Å². The second-order valence-corrected chi connectivity index (χ2v) is 3.94. The lowest BCUT2D eigenvalue weighted by Gasteiger charge is -2.04. The molecular weight excluding hydrogens is 256 g/mol. The van der Waals surface area contributed by atoms with Crippen LogP contribution in [0.2, 0.25) is 0 Å². The number of nitrogens with zero attached hydrogens (tertiary/aromatic N) is 2. The van der Waals surface area contributed by atoms with E-state index in [0.717, 1.165) is 16.0 Å². The number of rotatable bonds is 2. The number of hydrogen-bond acceptors (Lipinski definition) is 3. The minimum Gasteiger partial charge on any atom is -0.454 e. The van der Waals surface area contributed by atoms with Crippen molar-refractivity contribution in [3.8, 4) is 11.5 Å². The molecule has 2 rings (SSSR count). The number of halogens is 1. The summed E-state index contributed by atoms with van der Waals surface area (Å²) in [6.45, 7) is 1.84. The minimum absolute atomic E-state index is 0.642. The van der Waals surface area contributed by atoms with Gasteiger partial charge in [-0.25, -0.2) is 9.97 Å². The van der Waals surface area contributed by atoms with Gasteiger partial charge < -0.3 is 4.74 Å². The zero-order valence-corrected chi connectivity index (χ0v) is 9.73. The predicted octanol–water partition coefficient (Wildman–Crippen LogP) is 3.34. The first-order chi connectivity index (χ1) is 7.24. The molecule has 2 aromatic rings. The van der Waals surface area contributed by atoms with Crippen molar-refractivity contribution in [2.75, 3.05) is 0 Å². The average molecular weight is 265 g/mol. The van der Waals surface area contributed by atoms with Gasteiger partial charge >= 0.3 is 0 Å². The van der Waals surface area contributed by atoms with E-state index in [4.69, 9.17) is 4.74 Å². The van der Waals surface area contributed by atoms with Gasteiger partial charge in [0, 0.05) is 4.47 Å². The van der Waals surface area contributed by atoms with E-state index in [1.807, 2.05) is 31.2 Å². The van der Waals surface area contributed by atoms with Crippen LogP contribution in [0.15, 0.2) is 41.1 Å². The lowest BCUT2D eigenvalue weighted by Crippen LogP contribution is -1.89. The van der Waals surface area contributed by atoms with Gasteiger partial charge in [-0.15, -0.1) is 0 Å². The van der Waals surface area contributed by atoms with E-state index >= 15 is 0 Å². The summed E-state index contributed by atoms with van der Waals surface area (Å²) in [6.07, 6.45) is 3.31. The maximum atomic E-state index is 5.54. The van der Waals surface area contributed by atoms with E-state index in [1.54, 1.807) is 12.4 Å². The van der Waals surface area contributed by atoms with Crippen molar-refractivity contribution in [2.45, 2.75) is 6.92 Å². The van der Waals surface area contributed by atoms with Crippen molar-refractivity contribution in [2.24, 2.45) is 0 Å². The highest BCUT2D eigenvalue weighted by molar-refractivity contribution is 9.10. The first-order valence-corrected chi connectivity index (χ1v) is 5.25. The summed E-state index contributed by atoms with van der Waals surface area (Å²) in [6, 6.07) is 7.60. The predicted molar refractivity (Wildman–Crippen MR) is 61.0 cm³/mol. The van der Waals surface area contributed by atoms with Crippen LogP contribution in [0.3, 0.4) is 0 Å². The Bertz CT molecular complexity index is 396. The van der Waals surface area contributed by atoms with Gasteiger partial charge in [0.05, 0.1) is 12.4 Å². The van der Waals surface area contributed by atoms with Gasteiger partial charge in [0.1, 0.15) is 11.6 Å². The molecule has 0 unspecified atom stereocenters. The number of benzene rings is 1. The van der Waals surface area contributed by atoms with E-state index in [2.05, 4.69) is 25.9 Å². The molecule has 0 atom stereocenters. The summed E-state index contributed by atoms with van der Waals surface area (Å²) in [5.74, 6) is 2.15. The van der Waals surface area contributed by atoms with Crippen LogP contribution in [-0.2, 0) is 0 Å². The number of hydrogen-bond donors (Lipinski definition) is 0. The van der Waals surface area contributed by atoms with Gasteiger partial charge in [-0.2, -0.15) is 0 Å². The van der Waals surface area contributed by atoms with Crippen molar-refractivity contribution in [3.63, 3.8) is 0 Å². The normalized spacial score (nSPS) is 10.0. The molecule has 76 valence electrons. The molecular formula is C11H9BrN2O. The Balaban J connectivity index is 2.15. The third kappa shape index (κ3) is 2.76. The summed E-state index contributed by atoms with van der Waals surface area (Å²) in [5, 5.41) is 0. The Morgan fingerprint density at radius 2 is 1.60 bits per heavy atom. The van der Waals surface area contributed by atoms with Crippen molar-refractivity contribution >= 4 is 15.9 Å². The maximum Gasteiger partial charge on any atom is 0.164 e. The molecule has 1 aromatic carbocycles. The summed E-state index contributed by atoms with van der Waals surface area (Å²) in [7, 11) is 0. The van der Waals surface area contributed by atoms with E-state index < -0.39 is 0 Å². The number of aromatic nitrogens is 2. The van der Waals surface area contributed by atoms with Gasteiger partial charge in [-0.05, 0) is 31.2 Å². The molecule has 0 fully saturated rings. The molecule has 0 saturated heterocycles. The highest BCUT2D eigenvalue weighted by Crippen LogP contribution is 2.21. The first kappa shape index (κ1) is 10.1. The van der Waals surface area contributed by atoms with Gasteiger partial charge in [0.15, 0.2) is 5.75 Å². The summed E-state index contributed by atoms with van der Waals surface area (Å²) in [5.41, 5.74) is 0. The molecule has 1 aromatic heterocycles. The molecule has 0 amide bonds. The largest absolute Gasteiger partial charge is 0.454 e. The molecule has 0 aliphatic rings. The van der Waals surface area contributed by atoms with Crippen LogP contribution in [0.25, 0.3) is 0 Å². The van der Waals surface area contributed by atoms with Crippen LogP contribution in [0.4, 0.5) is 0 Å². The van der Waals surface area contributed by atoms with Crippen LogP contribution in [0, 0.1) is 6.92 Å². The van der Waals surface area contributed by atoms with Crippen molar-refractivity contribution in [1.82, 2.24) is 9.97 Å². The van der Waals surface area contributed by atoms with Gasteiger partial charge in [-0.1, -0.05) is 15.9 Å². The Hall–Kier alpha value is -1.42. The van der Waals surface area contributed by atoms with Crippen molar-refractivity contribution in [3.05, 3.63) is 47.0 Å². The lowest BCUT2D eigenvalue weighted by molar-refractivity contribution is 0.476. The van der Waals surface area contributed by atoms with Gasteiger partial charge in [-0.3, -0.25) is 0 Å². The maximum absolute atomic E-state index is 5.54. The fraction of sp³-hybridized carbons (Fsp3) is 0.0909. The van der Waals surface area contributed by atoms with E-state index in [1.165, 1.54) is 0 Å². The topological polar surface area (TPSA) is 35.0 Å². The first-order valence-electron chi connectivity index (χ1n) is 4.46. The number of aryl methyl sites for hydroxylation is 1. The quantitative estimate of drug-likeness (QED) is 0.835. The van der Waals surface area contributed by atoms with Crippen LogP contribution in [-0.4, -0.2) is 9.97 Å². The molecule has 1 heterocycles. The summed E-state index contributed by atoms with van der Waals surface area (Å²) in [4.78, 5) is 8.09. The SMILES string of the molecule is Cc1ncc(Oc2ccc(Br)cc2)cn1. The standard InChI is InChI=1S/C11H9BrN2O/c1-8-13-6-11(7-14-8)15-10-4-2-9(12)3-5-10/h2-7H,1H3. The molecule has 0 bridgehead atoms. The van der Waals surface area contributed by atoms with E-state index in [-0.39, 0.29) is 0 Å². The molecule has 0 saturated carbocycles. The molecule has 3 nitrogen and oxygen atoms in total. The molecule has 0 spiro atoms. The van der Waals surface area contributed by atoms with Crippen LogP contribution in [0.1, 0.15) is 5.82 Å². The van der Waals surface area contributed by atoms with Gasteiger partial charge in [0.2, 0.25) is 0 Å². The second-order valence-electron chi connectivity index (χ2n) is 3.02.